The first-order valence-corrected chi connectivity index (χ1v) is 9.17. The van der Waals surface area contributed by atoms with Crippen molar-refractivity contribution in [2.24, 2.45) is 5.92 Å². The molecule has 6 heteroatoms. The number of rotatable bonds is 5. The zero-order valence-electron chi connectivity index (χ0n) is 16.2. The summed E-state index contributed by atoms with van der Waals surface area (Å²) in [5.41, 5.74) is 2.65. The third-order valence-corrected chi connectivity index (χ3v) is 4.90. The minimum absolute atomic E-state index is 0.0187. The fraction of sp³-hybridized carbons (Fsp3) is 0.381. The molecule has 142 valence electrons. The average Bonchev–Trinajstić information content (AvgIpc) is 2.88. The van der Waals surface area contributed by atoms with Gasteiger partial charge in [-0.2, -0.15) is 0 Å². The monoisotopic (exact) mass is 367 g/mol. The minimum atomic E-state index is -0.422. The van der Waals surface area contributed by atoms with E-state index in [4.69, 9.17) is 0 Å². The highest BCUT2D eigenvalue weighted by Gasteiger charge is 2.25. The number of nitrogens with one attached hydrogen (secondary N) is 1. The molecule has 0 atom stereocenters. The molecule has 27 heavy (non-hydrogen) atoms. The van der Waals surface area contributed by atoms with Crippen molar-refractivity contribution in [3.8, 4) is 0 Å². The molecule has 0 fully saturated rings. The number of fused-ring (bicyclic) bond motifs is 1. The second-order valence-electron chi connectivity index (χ2n) is 7.54. The van der Waals surface area contributed by atoms with Gasteiger partial charge in [-0.1, -0.05) is 13.8 Å². The maximum Gasteiger partial charge on any atom is 0.263 e. The standard InChI is InChI=1S/C21H25N3O3/c1-13(2)7-9-24-10-8-14(3)18(21(24)27)19(25)22-16-5-6-17-15(11-16)12-23(4)20(17)26/h5-6,8,10-11,13H,7,9,12H2,1-4H3,(H,22,25). The van der Waals surface area contributed by atoms with Crippen LogP contribution in [0.3, 0.4) is 0 Å². The molecular weight excluding hydrogens is 342 g/mol. The van der Waals surface area contributed by atoms with Crippen LogP contribution >= 0.6 is 0 Å². The van der Waals surface area contributed by atoms with E-state index < -0.39 is 5.91 Å². The Morgan fingerprint density at radius 2 is 1.96 bits per heavy atom. The van der Waals surface area contributed by atoms with Crippen LogP contribution in [0.25, 0.3) is 0 Å². The molecule has 2 amide bonds. The minimum Gasteiger partial charge on any atom is -0.337 e. The number of amides is 2. The van der Waals surface area contributed by atoms with Gasteiger partial charge in [-0.05, 0) is 54.7 Å². The Balaban J connectivity index is 1.85. The Morgan fingerprint density at radius 1 is 1.22 bits per heavy atom. The molecule has 0 aliphatic carbocycles. The van der Waals surface area contributed by atoms with Gasteiger partial charge >= 0.3 is 0 Å². The van der Waals surface area contributed by atoms with Gasteiger partial charge in [0, 0.05) is 37.6 Å². The highest BCUT2D eigenvalue weighted by Crippen LogP contribution is 2.24. The van der Waals surface area contributed by atoms with Gasteiger partial charge in [0.05, 0.1) is 0 Å². The number of hydrogen-bond donors (Lipinski definition) is 1. The van der Waals surface area contributed by atoms with Crippen molar-refractivity contribution in [2.45, 2.75) is 40.3 Å². The van der Waals surface area contributed by atoms with E-state index in [-0.39, 0.29) is 17.0 Å². The number of aryl methyl sites for hydroxylation is 2. The number of hydrogen-bond acceptors (Lipinski definition) is 3. The third-order valence-electron chi connectivity index (χ3n) is 4.90. The number of carbonyl (C=O) groups is 2. The van der Waals surface area contributed by atoms with Crippen LogP contribution in [0.1, 0.15) is 52.1 Å². The molecule has 1 N–H and O–H groups in total. The summed E-state index contributed by atoms with van der Waals surface area (Å²) in [5.74, 6) is 0.0339. The van der Waals surface area contributed by atoms with E-state index in [2.05, 4.69) is 19.2 Å². The fourth-order valence-corrected chi connectivity index (χ4v) is 3.25. The van der Waals surface area contributed by atoms with Crippen molar-refractivity contribution >= 4 is 17.5 Å². The number of anilines is 1. The second kappa shape index (κ2) is 7.39. The Morgan fingerprint density at radius 3 is 2.67 bits per heavy atom. The van der Waals surface area contributed by atoms with Crippen molar-refractivity contribution in [2.75, 3.05) is 12.4 Å². The van der Waals surface area contributed by atoms with Gasteiger partial charge in [-0.3, -0.25) is 14.4 Å². The molecule has 2 aromatic rings. The summed E-state index contributed by atoms with van der Waals surface area (Å²) in [4.78, 5) is 39.1. The normalized spacial score (nSPS) is 13.2. The summed E-state index contributed by atoms with van der Waals surface area (Å²) in [5, 5.41) is 2.81. The molecule has 0 saturated carbocycles. The Kier molecular flexibility index (Phi) is 5.17. The van der Waals surface area contributed by atoms with Crippen molar-refractivity contribution in [1.82, 2.24) is 9.47 Å². The highest BCUT2D eigenvalue weighted by atomic mass is 16.2. The van der Waals surface area contributed by atoms with E-state index in [9.17, 15) is 14.4 Å². The molecular formula is C21H25N3O3. The molecule has 1 aliphatic heterocycles. The predicted molar refractivity (Wildman–Crippen MR) is 105 cm³/mol. The third kappa shape index (κ3) is 3.79. The summed E-state index contributed by atoms with van der Waals surface area (Å²) >= 11 is 0. The average molecular weight is 367 g/mol. The first-order valence-electron chi connectivity index (χ1n) is 9.17. The fourth-order valence-electron chi connectivity index (χ4n) is 3.25. The number of nitrogens with zero attached hydrogens (tertiary/aromatic N) is 2. The number of aromatic nitrogens is 1. The van der Waals surface area contributed by atoms with E-state index in [0.29, 0.717) is 35.8 Å². The summed E-state index contributed by atoms with van der Waals surface area (Å²) < 4.78 is 1.60. The van der Waals surface area contributed by atoms with Crippen molar-refractivity contribution in [1.29, 1.82) is 0 Å². The first kappa shape index (κ1) is 18.9. The molecule has 6 nitrogen and oxygen atoms in total. The molecule has 0 saturated heterocycles. The topological polar surface area (TPSA) is 71.4 Å². The SMILES string of the molecule is Cc1ccn(CCC(C)C)c(=O)c1C(=O)Nc1ccc2c(c1)CN(C)C2=O. The van der Waals surface area contributed by atoms with E-state index in [0.717, 1.165) is 12.0 Å². The number of pyridine rings is 1. The molecule has 3 rings (SSSR count). The lowest BCUT2D eigenvalue weighted by Crippen LogP contribution is -2.30. The second-order valence-corrected chi connectivity index (χ2v) is 7.54. The van der Waals surface area contributed by atoms with Gasteiger partial charge in [-0.15, -0.1) is 0 Å². The summed E-state index contributed by atoms with van der Waals surface area (Å²) in [6.45, 7) is 7.07. The van der Waals surface area contributed by atoms with E-state index >= 15 is 0 Å². The maximum absolute atomic E-state index is 12.8. The van der Waals surface area contributed by atoms with Gasteiger partial charge < -0.3 is 14.8 Å². The smallest absolute Gasteiger partial charge is 0.263 e. The lowest BCUT2D eigenvalue weighted by molar-refractivity contribution is 0.0816. The lowest BCUT2D eigenvalue weighted by Gasteiger charge is -2.12. The largest absolute Gasteiger partial charge is 0.337 e. The van der Waals surface area contributed by atoms with Crippen LogP contribution in [0.5, 0.6) is 0 Å². The maximum atomic E-state index is 12.8. The van der Waals surface area contributed by atoms with Crippen LogP contribution < -0.4 is 10.9 Å². The number of benzene rings is 1. The first-order chi connectivity index (χ1) is 12.8. The quantitative estimate of drug-likeness (QED) is 0.883. The summed E-state index contributed by atoms with van der Waals surface area (Å²) in [6.07, 6.45) is 2.62. The van der Waals surface area contributed by atoms with Gasteiger partial charge in [-0.25, -0.2) is 0 Å². The van der Waals surface area contributed by atoms with Crippen LogP contribution in [0.15, 0.2) is 35.3 Å². The van der Waals surface area contributed by atoms with Crippen LogP contribution in [0.4, 0.5) is 5.69 Å². The van der Waals surface area contributed by atoms with Crippen LogP contribution in [0.2, 0.25) is 0 Å². The van der Waals surface area contributed by atoms with Crippen molar-refractivity contribution in [3.63, 3.8) is 0 Å². The lowest BCUT2D eigenvalue weighted by atomic mass is 10.1. The molecule has 0 radical (unpaired) electrons. The molecule has 0 bridgehead atoms. The van der Waals surface area contributed by atoms with Gasteiger partial charge in [0.2, 0.25) is 0 Å². The molecule has 1 aromatic heterocycles. The number of carbonyl (C=O) groups excluding carboxylic acids is 2. The predicted octanol–water partition coefficient (Wildman–Crippen LogP) is 3.04. The highest BCUT2D eigenvalue weighted by molar-refractivity contribution is 6.05. The van der Waals surface area contributed by atoms with Crippen LogP contribution in [-0.2, 0) is 13.1 Å². The van der Waals surface area contributed by atoms with E-state index in [1.165, 1.54) is 0 Å². The van der Waals surface area contributed by atoms with Gasteiger partial charge in [0.25, 0.3) is 17.4 Å². The Labute approximate surface area is 158 Å². The Hall–Kier alpha value is -2.89. The van der Waals surface area contributed by atoms with Gasteiger partial charge in [0.1, 0.15) is 5.56 Å². The molecule has 0 unspecified atom stereocenters. The zero-order chi connectivity index (χ0) is 19.7. The summed E-state index contributed by atoms with van der Waals surface area (Å²) in [6, 6.07) is 7.01. The zero-order valence-corrected chi connectivity index (χ0v) is 16.2. The summed E-state index contributed by atoms with van der Waals surface area (Å²) in [7, 11) is 1.74. The Bertz CT molecular complexity index is 960. The molecule has 2 heterocycles. The van der Waals surface area contributed by atoms with Crippen LogP contribution in [-0.4, -0.2) is 28.3 Å². The van der Waals surface area contributed by atoms with Gasteiger partial charge in [0.15, 0.2) is 0 Å². The molecule has 1 aliphatic rings. The van der Waals surface area contributed by atoms with Crippen molar-refractivity contribution < 1.29 is 9.59 Å². The van der Waals surface area contributed by atoms with Crippen molar-refractivity contribution in [3.05, 3.63) is 63.1 Å². The molecule has 0 spiro atoms. The van der Waals surface area contributed by atoms with E-state index in [1.807, 2.05) is 0 Å². The van der Waals surface area contributed by atoms with E-state index in [1.54, 1.807) is 53.9 Å². The molecule has 1 aromatic carbocycles. The van der Waals surface area contributed by atoms with Crippen LogP contribution in [0, 0.1) is 12.8 Å².